The number of carbonyl (C=O) groups excluding carboxylic acids is 2. The predicted molar refractivity (Wildman–Crippen MR) is 73.7 cm³/mol. The van der Waals surface area contributed by atoms with E-state index in [9.17, 15) is 9.59 Å². The summed E-state index contributed by atoms with van der Waals surface area (Å²) in [6.07, 6.45) is 0. The fourth-order valence-corrected chi connectivity index (χ4v) is 2.43. The van der Waals surface area contributed by atoms with E-state index in [-0.39, 0.29) is 17.8 Å². The van der Waals surface area contributed by atoms with Crippen LogP contribution >= 0.6 is 0 Å². The van der Waals surface area contributed by atoms with E-state index in [1.807, 2.05) is 24.3 Å². The van der Waals surface area contributed by atoms with Crippen LogP contribution in [0.4, 0.5) is 5.95 Å². The van der Waals surface area contributed by atoms with Crippen molar-refractivity contribution in [2.24, 2.45) is 0 Å². The molecule has 1 aromatic heterocycles. The lowest BCUT2D eigenvalue weighted by atomic mass is 10.1. The maximum absolute atomic E-state index is 12.3. The molecule has 5 nitrogen and oxygen atoms in total. The molecule has 0 bridgehead atoms. The molecule has 2 heterocycles. The van der Waals surface area contributed by atoms with Crippen molar-refractivity contribution in [3.63, 3.8) is 0 Å². The van der Waals surface area contributed by atoms with Gasteiger partial charge in [0.25, 0.3) is 11.8 Å². The summed E-state index contributed by atoms with van der Waals surface area (Å²) in [7, 11) is 0. The molecule has 0 spiro atoms. The molecular weight excluding hydrogens is 254 g/mol. The van der Waals surface area contributed by atoms with Gasteiger partial charge in [-0.25, -0.2) is 9.88 Å². The molecule has 3 aromatic rings. The Bertz CT molecular complexity index is 798. The van der Waals surface area contributed by atoms with Gasteiger partial charge in [0.05, 0.1) is 22.2 Å². The topological polar surface area (TPSA) is 66.1 Å². The van der Waals surface area contributed by atoms with Crippen molar-refractivity contribution in [2.75, 3.05) is 4.90 Å². The summed E-state index contributed by atoms with van der Waals surface area (Å²) < 4.78 is 0. The van der Waals surface area contributed by atoms with Gasteiger partial charge in [0.15, 0.2) is 0 Å². The number of nitrogens with one attached hydrogen (secondary N) is 1. The molecule has 0 saturated heterocycles. The van der Waals surface area contributed by atoms with E-state index in [4.69, 9.17) is 0 Å². The Morgan fingerprint density at radius 3 is 2.10 bits per heavy atom. The molecule has 0 atom stereocenters. The Balaban J connectivity index is 1.88. The maximum atomic E-state index is 12.3. The second-order valence-electron chi connectivity index (χ2n) is 4.57. The third-order valence-electron chi connectivity index (χ3n) is 3.38. The summed E-state index contributed by atoms with van der Waals surface area (Å²) in [6, 6.07) is 14.2. The van der Waals surface area contributed by atoms with Crippen LogP contribution < -0.4 is 4.90 Å². The van der Waals surface area contributed by atoms with Crippen LogP contribution in [-0.4, -0.2) is 21.8 Å². The SMILES string of the molecule is O=C1c2ccccc2C(=O)N1c1nc2ccccc2[nH]1. The highest BCUT2D eigenvalue weighted by Crippen LogP contribution is 2.27. The van der Waals surface area contributed by atoms with Crippen molar-refractivity contribution in [3.8, 4) is 0 Å². The minimum atomic E-state index is -0.343. The van der Waals surface area contributed by atoms with Crippen molar-refractivity contribution < 1.29 is 9.59 Å². The number of benzene rings is 2. The summed E-state index contributed by atoms with van der Waals surface area (Å²) in [5.74, 6) is -0.424. The minimum absolute atomic E-state index is 0.261. The molecular formula is C15H9N3O2. The van der Waals surface area contributed by atoms with E-state index in [0.717, 1.165) is 15.9 Å². The highest BCUT2D eigenvalue weighted by Gasteiger charge is 2.37. The number of hydrogen-bond acceptors (Lipinski definition) is 3. The van der Waals surface area contributed by atoms with Crippen LogP contribution in [0.15, 0.2) is 48.5 Å². The van der Waals surface area contributed by atoms with E-state index in [1.165, 1.54) is 0 Å². The summed E-state index contributed by atoms with van der Waals surface area (Å²) >= 11 is 0. The van der Waals surface area contributed by atoms with Gasteiger partial charge in [0, 0.05) is 0 Å². The van der Waals surface area contributed by atoms with Crippen molar-refractivity contribution in [1.29, 1.82) is 0 Å². The van der Waals surface area contributed by atoms with Crippen LogP contribution in [0.1, 0.15) is 20.7 Å². The summed E-state index contributed by atoms with van der Waals surface area (Å²) in [5, 5.41) is 0. The van der Waals surface area contributed by atoms with Crippen LogP contribution in [0.3, 0.4) is 0 Å². The summed E-state index contributed by atoms with van der Waals surface area (Å²) in [4.78, 5) is 33.1. The third-order valence-corrected chi connectivity index (χ3v) is 3.38. The summed E-state index contributed by atoms with van der Waals surface area (Å²) in [5.41, 5.74) is 2.34. The molecule has 1 N–H and O–H groups in total. The van der Waals surface area contributed by atoms with Crippen LogP contribution in [0, 0.1) is 0 Å². The lowest BCUT2D eigenvalue weighted by molar-refractivity contribution is 0.0924. The first-order valence-electron chi connectivity index (χ1n) is 6.18. The summed E-state index contributed by atoms with van der Waals surface area (Å²) in [6.45, 7) is 0. The van der Waals surface area contributed by atoms with Crippen LogP contribution in [-0.2, 0) is 0 Å². The Morgan fingerprint density at radius 2 is 1.45 bits per heavy atom. The number of nitrogens with zero attached hydrogens (tertiary/aromatic N) is 2. The molecule has 0 unspecified atom stereocenters. The highest BCUT2D eigenvalue weighted by atomic mass is 16.2. The molecule has 2 aromatic carbocycles. The smallest absolute Gasteiger partial charge is 0.268 e. The average molecular weight is 263 g/mol. The highest BCUT2D eigenvalue weighted by molar-refractivity contribution is 6.34. The number of imide groups is 1. The van der Waals surface area contributed by atoms with Gasteiger partial charge in [-0.05, 0) is 24.3 Å². The standard InChI is InChI=1S/C15H9N3O2/c19-13-9-5-1-2-6-10(9)14(20)18(13)15-16-11-7-3-4-8-12(11)17-15/h1-8H,(H,16,17). The number of aromatic nitrogens is 2. The molecule has 0 saturated carbocycles. The molecule has 2 amide bonds. The van der Waals surface area contributed by atoms with E-state index in [0.29, 0.717) is 11.1 Å². The van der Waals surface area contributed by atoms with Gasteiger partial charge in [-0.2, -0.15) is 0 Å². The van der Waals surface area contributed by atoms with E-state index in [1.54, 1.807) is 24.3 Å². The van der Waals surface area contributed by atoms with Crippen LogP contribution in [0.5, 0.6) is 0 Å². The molecule has 20 heavy (non-hydrogen) atoms. The monoisotopic (exact) mass is 263 g/mol. The predicted octanol–water partition coefficient (Wildman–Crippen LogP) is 2.36. The van der Waals surface area contributed by atoms with Crippen molar-refractivity contribution >= 4 is 28.8 Å². The molecule has 0 aliphatic carbocycles. The number of H-pyrrole nitrogens is 1. The number of amides is 2. The minimum Gasteiger partial charge on any atom is -0.323 e. The number of carbonyl (C=O) groups is 2. The zero-order chi connectivity index (χ0) is 13.7. The molecule has 1 aliphatic heterocycles. The maximum Gasteiger partial charge on any atom is 0.268 e. The van der Waals surface area contributed by atoms with Gasteiger partial charge in [0.2, 0.25) is 5.95 Å². The molecule has 4 rings (SSSR count). The number of imidazole rings is 1. The largest absolute Gasteiger partial charge is 0.323 e. The number of aromatic amines is 1. The zero-order valence-electron chi connectivity index (χ0n) is 10.3. The van der Waals surface area contributed by atoms with E-state index < -0.39 is 0 Å². The van der Waals surface area contributed by atoms with Gasteiger partial charge in [-0.1, -0.05) is 24.3 Å². The Labute approximate surface area is 113 Å². The van der Waals surface area contributed by atoms with E-state index in [2.05, 4.69) is 9.97 Å². The first-order valence-corrected chi connectivity index (χ1v) is 6.18. The molecule has 5 heteroatoms. The van der Waals surface area contributed by atoms with Crippen molar-refractivity contribution in [2.45, 2.75) is 0 Å². The lowest BCUT2D eigenvalue weighted by Crippen LogP contribution is -2.30. The first-order chi connectivity index (χ1) is 9.75. The lowest BCUT2D eigenvalue weighted by Gasteiger charge is -2.08. The number of anilines is 1. The number of fused-ring (bicyclic) bond motifs is 2. The first kappa shape index (κ1) is 10.9. The Kier molecular flexibility index (Phi) is 2.06. The quantitative estimate of drug-likeness (QED) is 0.685. The molecule has 96 valence electrons. The average Bonchev–Trinajstić information content (AvgIpc) is 3.00. The number of hydrogen-bond donors (Lipinski definition) is 1. The molecule has 0 fully saturated rings. The second-order valence-corrected chi connectivity index (χ2v) is 4.57. The number of rotatable bonds is 1. The van der Waals surface area contributed by atoms with Gasteiger partial charge in [0.1, 0.15) is 0 Å². The van der Waals surface area contributed by atoms with Crippen molar-refractivity contribution in [1.82, 2.24) is 9.97 Å². The zero-order valence-corrected chi connectivity index (χ0v) is 10.3. The third kappa shape index (κ3) is 1.34. The van der Waals surface area contributed by atoms with Crippen molar-refractivity contribution in [3.05, 3.63) is 59.7 Å². The van der Waals surface area contributed by atoms with Crippen LogP contribution in [0.2, 0.25) is 0 Å². The second kappa shape index (κ2) is 3.77. The Hall–Kier alpha value is -2.95. The van der Waals surface area contributed by atoms with Gasteiger partial charge < -0.3 is 4.98 Å². The van der Waals surface area contributed by atoms with Crippen LogP contribution in [0.25, 0.3) is 11.0 Å². The normalized spacial score (nSPS) is 14.1. The molecule has 1 aliphatic rings. The fourth-order valence-electron chi connectivity index (χ4n) is 2.43. The van der Waals surface area contributed by atoms with Gasteiger partial charge in [-0.15, -0.1) is 0 Å². The fraction of sp³-hybridized carbons (Fsp3) is 0. The molecule has 0 radical (unpaired) electrons. The number of para-hydroxylation sites is 2. The van der Waals surface area contributed by atoms with Gasteiger partial charge in [-0.3, -0.25) is 9.59 Å². The van der Waals surface area contributed by atoms with Gasteiger partial charge >= 0.3 is 0 Å². The Morgan fingerprint density at radius 1 is 0.850 bits per heavy atom. The van der Waals surface area contributed by atoms with E-state index >= 15 is 0 Å².